The third-order valence-electron chi connectivity index (χ3n) is 2.76. The van der Waals surface area contributed by atoms with E-state index in [1.165, 1.54) is 7.05 Å². The first-order chi connectivity index (χ1) is 8.06. The standard InChI is InChI=1S/C11H12Cl2N2O2/c1-5-7(6-3-4-6)8(12)10(13)15-9(5)11(16)17-14-2/h6,14H,3-4H2,1-2H3. The van der Waals surface area contributed by atoms with Crippen molar-refractivity contribution >= 4 is 29.2 Å². The van der Waals surface area contributed by atoms with Crippen LogP contribution in [-0.2, 0) is 4.84 Å². The van der Waals surface area contributed by atoms with Crippen molar-refractivity contribution < 1.29 is 9.63 Å². The van der Waals surface area contributed by atoms with Gasteiger partial charge in [0, 0.05) is 7.05 Å². The predicted octanol–water partition coefficient (Wildman–Crippen LogP) is 2.87. The molecule has 0 aliphatic heterocycles. The minimum atomic E-state index is -0.550. The molecule has 0 bridgehead atoms. The molecule has 0 spiro atoms. The largest absolute Gasteiger partial charge is 0.375 e. The number of hydroxylamine groups is 1. The average Bonchev–Trinajstić information content (AvgIpc) is 3.08. The van der Waals surface area contributed by atoms with Gasteiger partial charge in [0.1, 0.15) is 5.15 Å². The number of nitrogens with zero attached hydrogens (tertiary/aromatic N) is 1. The van der Waals surface area contributed by atoms with Crippen LogP contribution >= 0.6 is 23.2 Å². The number of pyridine rings is 1. The van der Waals surface area contributed by atoms with Crippen molar-refractivity contribution in [1.82, 2.24) is 10.5 Å². The van der Waals surface area contributed by atoms with Crippen LogP contribution in [0, 0.1) is 6.92 Å². The molecule has 2 rings (SSSR count). The van der Waals surface area contributed by atoms with Crippen molar-refractivity contribution in [2.75, 3.05) is 7.05 Å². The zero-order valence-corrected chi connectivity index (χ0v) is 11.0. The Kier molecular flexibility index (Phi) is 3.56. The molecule has 4 nitrogen and oxygen atoms in total. The Hall–Kier alpha value is -0.840. The van der Waals surface area contributed by atoms with Crippen LogP contribution in [0.15, 0.2) is 0 Å². The molecule has 0 aromatic carbocycles. The van der Waals surface area contributed by atoms with Crippen LogP contribution in [0.4, 0.5) is 0 Å². The molecule has 17 heavy (non-hydrogen) atoms. The maximum absolute atomic E-state index is 11.7. The van der Waals surface area contributed by atoms with E-state index in [9.17, 15) is 4.79 Å². The van der Waals surface area contributed by atoms with E-state index >= 15 is 0 Å². The Balaban J connectivity index is 2.49. The van der Waals surface area contributed by atoms with Gasteiger partial charge in [-0.25, -0.2) is 9.78 Å². The normalized spacial score (nSPS) is 14.8. The molecule has 1 saturated carbocycles. The van der Waals surface area contributed by atoms with Gasteiger partial charge in [-0.3, -0.25) is 0 Å². The first-order valence-corrected chi connectivity index (χ1v) is 6.05. The predicted molar refractivity (Wildman–Crippen MR) is 65.4 cm³/mol. The highest BCUT2D eigenvalue weighted by atomic mass is 35.5. The molecule has 92 valence electrons. The van der Waals surface area contributed by atoms with Crippen LogP contribution in [0.1, 0.15) is 40.4 Å². The summed E-state index contributed by atoms with van der Waals surface area (Å²) in [5, 5.41) is 0.606. The molecule has 1 fully saturated rings. The minimum absolute atomic E-state index is 0.155. The third kappa shape index (κ3) is 2.39. The van der Waals surface area contributed by atoms with Crippen LogP contribution in [0.3, 0.4) is 0 Å². The van der Waals surface area contributed by atoms with Crippen molar-refractivity contribution in [1.29, 1.82) is 0 Å². The Labute approximate surface area is 109 Å². The third-order valence-corrected chi connectivity index (χ3v) is 3.51. The number of aromatic nitrogens is 1. The van der Waals surface area contributed by atoms with E-state index in [1.54, 1.807) is 0 Å². The van der Waals surface area contributed by atoms with E-state index in [0.717, 1.165) is 24.0 Å². The second-order valence-electron chi connectivity index (χ2n) is 3.97. The average molecular weight is 275 g/mol. The Morgan fingerprint density at radius 2 is 2.12 bits per heavy atom. The summed E-state index contributed by atoms with van der Waals surface area (Å²) in [6, 6.07) is 0. The maximum atomic E-state index is 11.7. The molecule has 0 unspecified atom stereocenters. The zero-order valence-electron chi connectivity index (χ0n) is 9.51. The fourth-order valence-corrected chi connectivity index (χ4v) is 2.36. The van der Waals surface area contributed by atoms with Crippen molar-refractivity contribution in [2.24, 2.45) is 0 Å². The summed E-state index contributed by atoms with van der Waals surface area (Å²) in [5.74, 6) is -0.158. The highest BCUT2D eigenvalue weighted by molar-refractivity contribution is 6.42. The lowest BCUT2D eigenvalue weighted by Crippen LogP contribution is -2.18. The molecular formula is C11H12Cl2N2O2. The van der Waals surface area contributed by atoms with Crippen LogP contribution in [0.25, 0.3) is 0 Å². The summed E-state index contributed by atoms with van der Waals surface area (Å²) in [7, 11) is 1.51. The monoisotopic (exact) mass is 274 g/mol. The van der Waals surface area contributed by atoms with E-state index in [-0.39, 0.29) is 10.8 Å². The van der Waals surface area contributed by atoms with Crippen LogP contribution in [0.2, 0.25) is 10.2 Å². The SMILES string of the molecule is CNOC(=O)c1nc(Cl)c(Cl)c(C2CC2)c1C. The molecule has 0 saturated heterocycles. The fourth-order valence-electron chi connectivity index (χ4n) is 1.83. The van der Waals surface area contributed by atoms with Gasteiger partial charge < -0.3 is 4.84 Å². The van der Waals surface area contributed by atoms with Gasteiger partial charge in [-0.1, -0.05) is 23.2 Å². The zero-order chi connectivity index (χ0) is 12.6. The summed E-state index contributed by atoms with van der Waals surface area (Å²) in [5.41, 5.74) is 4.22. The Morgan fingerprint density at radius 3 is 2.65 bits per heavy atom. The van der Waals surface area contributed by atoms with Gasteiger partial charge in [0.25, 0.3) is 0 Å². The van der Waals surface area contributed by atoms with Gasteiger partial charge in [0.2, 0.25) is 0 Å². The van der Waals surface area contributed by atoms with Gasteiger partial charge in [0.15, 0.2) is 5.69 Å². The van der Waals surface area contributed by atoms with Crippen LogP contribution < -0.4 is 5.48 Å². The lowest BCUT2D eigenvalue weighted by Gasteiger charge is -2.12. The molecule has 1 aliphatic rings. The highest BCUT2D eigenvalue weighted by Gasteiger charge is 2.31. The number of rotatable bonds is 3. The highest BCUT2D eigenvalue weighted by Crippen LogP contribution is 2.46. The lowest BCUT2D eigenvalue weighted by atomic mass is 10.0. The topological polar surface area (TPSA) is 51.2 Å². The summed E-state index contributed by atoms with van der Waals surface area (Å²) < 4.78 is 0. The molecule has 1 aromatic rings. The fraction of sp³-hybridized carbons (Fsp3) is 0.455. The lowest BCUT2D eigenvalue weighted by molar-refractivity contribution is 0.0301. The molecule has 1 N–H and O–H groups in total. The van der Waals surface area contributed by atoms with Gasteiger partial charge in [0.05, 0.1) is 5.02 Å². The molecule has 6 heteroatoms. The molecule has 1 aliphatic carbocycles. The van der Waals surface area contributed by atoms with Gasteiger partial charge >= 0.3 is 5.97 Å². The summed E-state index contributed by atoms with van der Waals surface area (Å²) >= 11 is 12.1. The van der Waals surface area contributed by atoms with E-state index in [4.69, 9.17) is 28.0 Å². The number of halogens is 2. The maximum Gasteiger partial charge on any atom is 0.375 e. The number of carbonyl (C=O) groups is 1. The minimum Gasteiger partial charge on any atom is -0.366 e. The molecule has 0 amide bonds. The molecule has 1 aromatic heterocycles. The van der Waals surface area contributed by atoms with Crippen LogP contribution in [-0.4, -0.2) is 18.0 Å². The second-order valence-corrected chi connectivity index (χ2v) is 4.71. The van der Waals surface area contributed by atoms with E-state index in [0.29, 0.717) is 10.9 Å². The first kappa shape index (κ1) is 12.6. The number of hydrogen-bond acceptors (Lipinski definition) is 4. The number of hydrogen-bond donors (Lipinski definition) is 1. The Morgan fingerprint density at radius 1 is 1.47 bits per heavy atom. The van der Waals surface area contributed by atoms with Crippen molar-refractivity contribution in [3.8, 4) is 0 Å². The second kappa shape index (κ2) is 4.80. The van der Waals surface area contributed by atoms with Crippen molar-refractivity contribution in [3.05, 3.63) is 27.0 Å². The van der Waals surface area contributed by atoms with Crippen LogP contribution in [0.5, 0.6) is 0 Å². The van der Waals surface area contributed by atoms with Crippen molar-refractivity contribution in [3.63, 3.8) is 0 Å². The van der Waals surface area contributed by atoms with Gasteiger partial charge in [-0.05, 0) is 36.8 Å². The van der Waals surface area contributed by atoms with E-state index in [1.807, 2.05) is 6.92 Å². The number of nitrogens with one attached hydrogen (secondary N) is 1. The summed E-state index contributed by atoms with van der Waals surface area (Å²) in [6.45, 7) is 1.81. The molecule has 0 radical (unpaired) electrons. The number of carbonyl (C=O) groups excluding carboxylic acids is 1. The Bertz CT molecular complexity index is 473. The van der Waals surface area contributed by atoms with E-state index in [2.05, 4.69) is 10.5 Å². The quantitative estimate of drug-likeness (QED) is 0.680. The molecular weight excluding hydrogens is 263 g/mol. The van der Waals surface area contributed by atoms with E-state index < -0.39 is 5.97 Å². The summed E-state index contributed by atoms with van der Waals surface area (Å²) in [4.78, 5) is 20.4. The molecule has 0 atom stereocenters. The smallest absolute Gasteiger partial charge is 0.366 e. The van der Waals surface area contributed by atoms with Gasteiger partial charge in [-0.2, -0.15) is 5.48 Å². The van der Waals surface area contributed by atoms with Gasteiger partial charge in [-0.15, -0.1) is 0 Å². The summed E-state index contributed by atoms with van der Waals surface area (Å²) in [6.07, 6.45) is 2.14. The first-order valence-electron chi connectivity index (χ1n) is 5.29. The van der Waals surface area contributed by atoms with Crippen molar-refractivity contribution in [2.45, 2.75) is 25.7 Å². The molecule has 1 heterocycles.